The maximum absolute atomic E-state index is 13.1. The summed E-state index contributed by atoms with van der Waals surface area (Å²) in [6, 6.07) is 8.84. The molecule has 6 nitrogen and oxygen atoms in total. The summed E-state index contributed by atoms with van der Waals surface area (Å²) in [5, 5.41) is 16.1. The van der Waals surface area contributed by atoms with Crippen LogP contribution in [0.5, 0.6) is 0 Å². The maximum Gasteiger partial charge on any atom is 0.315 e. The van der Waals surface area contributed by atoms with Crippen LogP contribution in [-0.2, 0) is 11.3 Å². The van der Waals surface area contributed by atoms with E-state index in [1.165, 1.54) is 0 Å². The fraction of sp³-hybridized carbons (Fsp3) is 0.286. The van der Waals surface area contributed by atoms with Gasteiger partial charge in [-0.1, -0.05) is 30.3 Å². The predicted octanol–water partition coefficient (Wildman–Crippen LogP) is 3.88. The Morgan fingerprint density at radius 2 is 1.81 bits per heavy atom. The lowest BCUT2D eigenvalue weighted by molar-refractivity contribution is -0.133. The minimum absolute atomic E-state index is 0.300. The Labute approximate surface area is 181 Å². The minimum Gasteiger partial charge on any atom is -0.386 e. The molecule has 3 rings (SSSR count). The Kier molecular flexibility index (Phi) is 7.59. The molecule has 0 saturated heterocycles. The van der Waals surface area contributed by atoms with Crippen LogP contribution in [-0.4, -0.2) is 40.1 Å². The molecule has 2 heterocycles. The number of nitrogens with one attached hydrogen (secondary N) is 2. The largest absolute Gasteiger partial charge is 0.386 e. The van der Waals surface area contributed by atoms with E-state index in [-0.39, 0.29) is 0 Å². The molecule has 0 saturated carbocycles. The maximum atomic E-state index is 13.1. The average molecular weight is 450 g/mol. The van der Waals surface area contributed by atoms with Gasteiger partial charge in [-0.05, 0) is 24.1 Å². The van der Waals surface area contributed by atoms with Crippen molar-refractivity contribution in [1.29, 1.82) is 0 Å². The Bertz CT molecular complexity index is 997. The number of aliphatic hydroxyl groups is 1. The van der Waals surface area contributed by atoms with Crippen LogP contribution < -0.4 is 10.6 Å². The van der Waals surface area contributed by atoms with Crippen LogP contribution in [0.2, 0.25) is 0 Å². The third-order valence-corrected chi connectivity index (χ3v) is 5.40. The molecule has 2 aromatic heterocycles. The molecule has 0 unspecified atom stereocenters. The summed E-state index contributed by atoms with van der Waals surface area (Å²) in [5.41, 5.74) is 2.78. The molecular weight excluding hydrogens is 429 g/mol. The van der Waals surface area contributed by atoms with Gasteiger partial charge >= 0.3 is 6.43 Å². The molecule has 0 aliphatic carbocycles. The molecule has 10 heteroatoms. The highest BCUT2D eigenvalue weighted by atomic mass is 32.1. The van der Waals surface area contributed by atoms with Gasteiger partial charge in [0.2, 0.25) is 0 Å². The summed E-state index contributed by atoms with van der Waals surface area (Å²) in [5.74, 6) is -1.62. The highest BCUT2D eigenvalue weighted by Gasteiger charge is 2.26. The summed E-state index contributed by atoms with van der Waals surface area (Å²) in [6.07, 6.45) is -1.22. The first kappa shape index (κ1) is 22.7. The smallest absolute Gasteiger partial charge is 0.315 e. The number of benzene rings is 1. The van der Waals surface area contributed by atoms with Crippen molar-refractivity contribution in [3.63, 3.8) is 0 Å². The second kappa shape index (κ2) is 10.4. The highest BCUT2D eigenvalue weighted by molar-refractivity contribution is 7.15. The number of nitrogens with zero attached hydrogens (tertiary/aromatic N) is 2. The van der Waals surface area contributed by atoms with Crippen LogP contribution in [0.15, 0.2) is 48.8 Å². The fourth-order valence-electron chi connectivity index (χ4n) is 2.86. The summed E-state index contributed by atoms with van der Waals surface area (Å²) < 4.78 is 37.9. The normalized spacial score (nSPS) is 13.1. The van der Waals surface area contributed by atoms with E-state index in [1.54, 1.807) is 48.0 Å². The summed E-state index contributed by atoms with van der Waals surface area (Å²) in [6.45, 7) is 1.34. The Hall–Kier alpha value is -2.98. The monoisotopic (exact) mass is 450 g/mol. The number of carbonyl (C=O) groups is 1. The molecule has 1 amide bonds. The van der Waals surface area contributed by atoms with E-state index in [0.717, 1.165) is 26.8 Å². The number of aromatic nitrogens is 2. The average Bonchev–Trinajstić information content (AvgIpc) is 3.21. The van der Waals surface area contributed by atoms with Gasteiger partial charge in [-0.15, -0.1) is 11.3 Å². The number of aryl methyl sites for hydroxylation is 1. The van der Waals surface area contributed by atoms with E-state index < -0.39 is 31.2 Å². The van der Waals surface area contributed by atoms with Gasteiger partial charge in [0.05, 0.1) is 18.3 Å². The lowest BCUT2D eigenvalue weighted by atomic mass is 9.99. The fourth-order valence-corrected chi connectivity index (χ4v) is 3.52. The van der Waals surface area contributed by atoms with E-state index in [9.17, 15) is 23.1 Å². The van der Waals surface area contributed by atoms with Crippen LogP contribution in [0.3, 0.4) is 0 Å². The van der Waals surface area contributed by atoms with Gasteiger partial charge in [0, 0.05) is 22.8 Å². The van der Waals surface area contributed by atoms with E-state index in [0.29, 0.717) is 12.1 Å². The Balaban J connectivity index is 1.63. The Morgan fingerprint density at radius 3 is 2.35 bits per heavy atom. The van der Waals surface area contributed by atoms with Crippen molar-refractivity contribution in [3.8, 4) is 11.1 Å². The lowest BCUT2D eigenvalue weighted by Crippen LogP contribution is -2.43. The number of carbonyl (C=O) groups excluding carboxylic acids is 1. The number of amides is 1. The van der Waals surface area contributed by atoms with E-state index in [1.807, 2.05) is 24.4 Å². The summed E-state index contributed by atoms with van der Waals surface area (Å²) >= 11 is 1.56. The lowest BCUT2D eigenvalue weighted by Gasteiger charge is -2.22. The number of halogens is 3. The van der Waals surface area contributed by atoms with Gasteiger partial charge < -0.3 is 15.7 Å². The van der Waals surface area contributed by atoms with Gasteiger partial charge in [-0.25, -0.2) is 9.37 Å². The number of anilines is 1. The van der Waals surface area contributed by atoms with Crippen molar-refractivity contribution >= 4 is 22.4 Å². The first-order chi connectivity index (χ1) is 14.9. The standard InChI is InChI=1S/C21H21F3N4O2S/c1-12-9-26-21(31-12)27-11-16-7-6-15(10-25-16)13-2-4-14(5-3-13)18(29)17(8-22)28-20(30)19(23)24/h2-7,9-10,17-19,29H,8,11H2,1H3,(H,26,27)(H,28,30)/t17-,18-/m1/s1. The quantitative estimate of drug-likeness (QED) is 0.461. The summed E-state index contributed by atoms with van der Waals surface area (Å²) in [4.78, 5) is 20.9. The molecule has 31 heavy (non-hydrogen) atoms. The molecule has 3 aromatic rings. The van der Waals surface area contributed by atoms with Gasteiger partial charge in [0.1, 0.15) is 12.8 Å². The molecule has 0 fully saturated rings. The van der Waals surface area contributed by atoms with Gasteiger partial charge in [-0.3, -0.25) is 9.78 Å². The Morgan fingerprint density at radius 1 is 1.10 bits per heavy atom. The predicted molar refractivity (Wildman–Crippen MR) is 113 cm³/mol. The van der Waals surface area contributed by atoms with Gasteiger partial charge in [0.15, 0.2) is 5.13 Å². The van der Waals surface area contributed by atoms with Crippen molar-refractivity contribution in [1.82, 2.24) is 15.3 Å². The number of thiazole rings is 1. The zero-order chi connectivity index (χ0) is 22.4. The number of alkyl halides is 3. The molecule has 1 aromatic carbocycles. The zero-order valence-electron chi connectivity index (χ0n) is 16.6. The van der Waals surface area contributed by atoms with Crippen molar-refractivity contribution in [2.45, 2.75) is 32.0 Å². The van der Waals surface area contributed by atoms with Crippen molar-refractivity contribution < 1.29 is 23.1 Å². The highest BCUT2D eigenvalue weighted by Crippen LogP contribution is 2.24. The van der Waals surface area contributed by atoms with E-state index >= 15 is 0 Å². The molecule has 0 bridgehead atoms. The van der Waals surface area contributed by atoms with Crippen LogP contribution >= 0.6 is 11.3 Å². The number of rotatable bonds is 9. The first-order valence-corrected chi connectivity index (χ1v) is 10.2. The molecule has 3 N–H and O–H groups in total. The second-order valence-electron chi connectivity index (χ2n) is 6.80. The van der Waals surface area contributed by atoms with Crippen LogP contribution in [0, 0.1) is 6.92 Å². The number of pyridine rings is 1. The van der Waals surface area contributed by atoms with Crippen molar-refractivity contribution in [3.05, 3.63) is 64.9 Å². The van der Waals surface area contributed by atoms with Crippen LogP contribution in [0.1, 0.15) is 22.2 Å². The summed E-state index contributed by atoms with van der Waals surface area (Å²) in [7, 11) is 0. The molecule has 0 aliphatic heterocycles. The third kappa shape index (κ3) is 6.02. The molecular formula is C21H21F3N4O2S. The number of aliphatic hydroxyl groups excluding tert-OH is 1. The first-order valence-electron chi connectivity index (χ1n) is 9.41. The molecule has 2 atom stereocenters. The number of hydrogen-bond donors (Lipinski definition) is 3. The minimum atomic E-state index is -3.28. The molecule has 0 radical (unpaired) electrons. The molecule has 0 spiro atoms. The number of hydrogen-bond acceptors (Lipinski definition) is 6. The van der Waals surface area contributed by atoms with Gasteiger partial charge in [-0.2, -0.15) is 8.78 Å². The van der Waals surface area contributed by atoms with Crippen LogP contribution in [0.25, 0.3) is 11.1 Å². The molecule has 0 aliphatic rings. The van der Waals surface area contributed by atoms with Gasteiger partial charge in [0.25, 0.3) is 5.91 Å². The van der Waals surface area contributed by atoms with Crippen LogP contribution in [0.4, 0.5) is 18.3 Å². The topological polar surface area (TPSA) is 87.1 Å². The SMILES string of the molecule is Cc1cnc(NCc2ccc(-c3ccc([C@@H](O)[C@@H](CF)NC(=O)C(F)F)cc3)cn2)s1. The molecule has 164 valence electrons. The third-order valence-electron chi connectivity index (χ3n) is 4.53. The van der Waals surface area contributed by atoms with Crippen molar-refractivity contribution in [2.75, 3.05) is 12.0 Å². The van der Waals surface area contributed by atoms with E-state index in [4.69, 9.17) is 0 Å². The van der Waals surface area contributed by atoms with Crippen molar-refractivity contribution in [2.24, 2.45) is 0 Å². The zero-order valence-corrected chi connectivity index (χ0v) is 17.4. The van der Waals surface area contributed by atoms with E-state index in [2.05, 4.69) is 15.3 Å². The second-order valence-corrected chi connectivity index (χ2v) is 8.04.